The Labute approximate surface area is 177 Å². The SMILES string of the molecule is CC(C)CCC[C@@H](C)[C@H]1CC[C@H]2[C@@H]3CC[C@@H]4CC(C)CC[C@]4(C)[C@H]3CC[C@]12C. The summed E-state index contributed by atoms with van der Waals surface area (Å²) in [5.74, 6) is 8.08. The van der Waals surface area contributed by atoms with Crippen LogP contribution in [-0.2, 0) is 0 Å². The highest BCUT2D eigenvalue weighted by molar-refractivity contribution is 5.09. The minimum absolute atomic E-state index is 0.670. The molecule has 28 heavy (non-hydrogen) atoms. The number of fused-ring (bicyclic) bond motifs is 5. The molecule has 9 atom stereocenters. The molecule has 0 N–H and O–H groups in total. The van der Waals surface area contributed by atoms with Crippen LogP contribution in [0.15, 0.2) is 0 Å². The largest absolute Gasteiger partial charge is 0.0628 e. The summed E-state index contributed by atoms with van der Waals surface area (Å²) >= 11 is 0. The monoisotopic (exact) mass is 386 g/mol. The van der Waals surface area contributed by atoms with E-state index in [9.17, 15) is 0 Å². The number of hydrogen-bond donors (Lipinski definition) is 0. The third kappa shape index (κ3) is 3.51. The number of hydrogen-bond acceptors (Lipinski definition) is 0. The summed E-state index contributed by atoms with van der Waals surface area (Å²) in [4.78, 5) is 0. The summed E-state index contributed by atoms with van der Waals surface area (Å²) in [6.07, 6.45) is 18.3. The molecule has 4 fully saturated rings. The van der Waals surface area contributed by atoms with Crippen molar-refractivity contribution in [2.45, 2.75) is 119 Å². The predicted octanol–water partition coefficient (Wildman–Crippen LogP) is 8.74. The van der Waals surface area contributed by atoms with Gasteiger partial charge in [-0.2, -0.15) is 0 Å². The second-order valence-corrected chi connectivity index (χ2v) is 13.1. The van der Waals surface area contributed by atoms with E-state index >= 15 is 0 Å². The summed E-state index contributed by atoms with van der Waals surface area (Å²) < 4.78 is 0. The Bertz CT molecular complexity index is 534. The van der Waals surface area contributed by atoms with Crippen molar-refractivity contribution in [1.29, 1.82) is 0 Å². The van der Waals surface area contributed by atoms with Crippen LogP contribution in [-0.4, -0.2) is 0 Å². The molecule has 0 bridgehead atoms. The van der Waals surface area contributed by atoms with Gasteiger partial charge in [0.15, 0.2) is 0 Å². The van der Waals surface area contributed by atoms with Gasteiger partial charge in [0.25, 0.3) is 0 Å². The van der Waals surface area contributed by atoms with E-state index in [4.69, 9.17) is 0 Å². The van der Waals surface area contributed by atoms with Crippen LogP contribution in [0.4, 0.5) is 0 Å². The fourth-order valence-electron chi connectivity index (χ4n) is 9.50. The maximum atomic E-state index is 2.75. The molecule has 0 nitrogen and oxygen atoms in total. The average molecular weight is 387 g/mol. The molecule has 0 radical (unpaired) electrons. The van der Waals surface area contributed by atoms with Crippen LogP contribution < -0.4 is 0 Å². The van der Waals surface area contributed by atoms with Crippen molar-refractivity contribution in [3.8, 4) is 0 Å². The van der Waals surface area contributed by atoms with Crippen LogP contribution in [0.5, 0.6) is 0 Å². The smallest absolute Gasteiger partial charge is 0.0264 e. The lowest BCUT2D eigenvalue weighted by atomic mass is 9.44. The van der Waals surface area contributed by atoms with E-state index in [1.54, 1.807) is 44.9 Å². The molecule has 4 aliphatic rings. The van der Waals surface area contributed by atoms with E-state index in [1.807, 2.05) is 0 Å². The maximum absolute atomic E-state index is 2.75. The molecule has 4 rings (SSSR count). The highest BCUT2D eigenvalue weighted by Gasteiger charge is 2.60. The summed E-state index contributed by atoms with van der Waals surface area (Å²) in [5, 5.41) is 0. The molecule has 1 unspecified atom stereocenters. The minimum atomic E-state index is 0.670. The van der Waals surface area contributed by atoms with Crippen LogP contribution in [0.1, 0.15) is 119 Å². The zero-order valence-corrected chi connectivity index (χ0v) is 20.1. The van der Waals surface area contributed by atoms with Crippen LogP contribution in [0.3, 0.4) is 0 Å². The fraction of sp³-hybridized carbons (Fsp3) is 1.00. The molecule has 0 aliphatic heterocycles. The van der Waals surface area contributed by atoms with Gasteiger partial charge in [0.2, 0.25) is 0 Å². The third-order valence-electron chi connectivity index (χ3n) is 11.1. The summed E-state index contributed by atoms with van der Waals surface area (Å²) in [7, 11) is 0. The van der Waals surface area contributed by atoms with E-state index in [1.165, 1.54) is 32.1 Å². The molecule has 0 spiro atoms. The molecule has 162 valence electrons. The van der Waals surface area contributed by atoms with E-state index in [0.717, 1.165) is 47.3 Å². The highest BCUT2D eigenvalue weighted by Crippen LogP contribution is 2.68. The van der Waals surface area contributed by atoms with Gasteiger partial charge in [0, 0.05) is 0 Å². The Morgan fingerprint density at radius 2 is 1.50 bits per heavy atom. The molecule has 0 aromatic rings. The van der Waals surface area contributed by atoms with Crippen LogP contribution >= 0.6 is 0 Å². The van der Waals surface area contributed by atoms with Gasteiger partial charge in [0.1, 0.15) is 0 Å². The van der Waals surface area contributed by atoms with Crippen molar-refractivity contribution in [2.24, 2.45) is 58.2 Å². The predicted molar refractivity (Wildman–Crippen MR) is 122 cm³/mol. The van der Waals surface area contributed by atoms with Crippen molar-refractivity contribution in [1.82, 2.24) is 0 Å². The van der Waals surface area contributed by atoms with Crippen LogP contribution in [0, 0.1) is 58.2 Å². The van der Waals surface area contributed by atoms with E-state index < -0.39 is 0 Å². The normalized spacial score (nSPS) is 49.4. The molecule has 0 saturated heterocycles. The topological polar surface area (TPSA) is 0 Å². The minimum Gasteiger partial charge on any atom is -0.0628 e. The molecule has 0 aromatic heterocycles. The summed E-state index contributed by atoms with van der Waals surface area (Å²) in [6.45, 7) is 15.4. The standard InChI is InChI=1S/C28H50/c1-19(2)8-7-9-21(4)24-12-13-25-23-11-10-22-18-20(3)14-16-27(22,5)26(23)15-17-28(24,25)6/h19-26H,7-18H2,1-6H3/t20?,21-,22-,23+,24-,25+,26+,27+,28-/m1/s1. The maximum Gasteiger partial charge on any atom is -0.0264 e. The van der Waals surface area contributed by atoms with Gasteiger partial charge in [-0.25, -0.2) is 0 Å². The fourth-order valence-corrected chi connectivity index (χ4v) is 9.50. The van der Waals surface area contributed by atoms with Crippen molar-refractivity contribution in [3.63, 3.8) is 0 Å². The van der Waals surface area contributed by atoms with Gasteiger partial charge in [0.05, 0.1) is 0 Å². The first kappa shape index (κ1) is 21.2. The Morgan fingerprint density at radius 1 is 0.786 bits per heavy atom. The zero-order valence-electron chi connectivity index (χ0n) is 20.1. The summed E-state index contributed by atoms with van der Waals surface area (Å²) in [6, 6.07) is 0. The molecular weight excluding hydrogens is 336 g/mol. The van der Waals surface area contributed by atoms with Gasteiger partial charge >= 0.3 is 0 Å². The highest BCUT2D eigenvalue weighted by atomic mass is 14.6. The van der Waals surface area contributed by atoms with Crippen LogP contribution in [0.2, 0.25) is 0 Å². The lowest BCUT2D eigenvalue weighted by Crippen LogP contribution is -2.53. The lowest BCUT2D eigenvalue weighted by Gasteiger charge is -2.61. The second-order valence-electron chi connectivity index (χ2n) is 13.1. The third-order valence-corrected chi connectivity index (χ3v) is 11.1. The van der Waals surface area contributed by atoms with Crippen LogP contribution in [0.25, 0.3) is 0 Å². The van der Waals surface area contributed by atoms with E-state index in [-0.39, 0.29) is 0 Å². The first-order chi connectivity index (χ1) is 13.3. The van der Waals surface area contributed by atoms with E-state index in [0.29, 0.717) is 10.8 Å². The molecule has 0 amide bonds. The van der Waals surface area contributed by atoms with Crippen molar-refractivity contribution in [3.05, 3.63) is 0 Å². The Hall–Kier alpha value is 0. The molecule has 0 heterocycles. The Morgan fingerprint density at radius 3 is 2.25 bits per heavy atom. The lowest BCUT2D eigenvalue weighted by molar-refractivity contribution is -0.120. The molecule has 0 aromatic carbocycles. The van der Waals surface area contributed by atoms with Crippen molar-refractivity contribution < 1.29 is 0 Å². The van der Waals surface area contributed by atoms with Gasteiger partial charge in [-0.3, -0.25) is 0 Å². The quantitative estimate of drug-likeness (QED) is 0.443. The van der Waals surface area contributed by atoms with Gasteiger partial charge in [-0.1, -0.05) is 67.2 Å². The summed E-state index contributed by atoms with van der Waals surface area (Å²) in [5.41, 5.74) is 1.36. The Balaban J connectivity index is 1.46. The molecular formula is C28H50. The van der Waals surface area contributed by atoms with E-state index in [2.05, 4.69) is 41.5 Å². The van der Waals surface area contributed by atoms with Gasteiger partial charge in [-0.15, -0.1) is 0 Å². The van der Waals surface area contributed by atoms with Crippen molar-refractivity contribution >= 4 is 0 Å². The first-order valence-electron chi connectivity index (χ1n) is 13.3. The molecule has 0 heteroatoms. The average Bonchev–Trinajstić information content (AvgIpc) is 2.99. The second kappa shape index (κ2) is 7.92. The first-order valence-corrected chi connectivity index (χ1v) is 13.3. The molecule has 4 aliphatic carbocycles. The van der Waals surface area contributed by atoms with Crippen molar-refractivity contribution in [2.75, 3.05) is 0 Å². The number of rotatable bonds is 5. The van der Waals surface area contributed by atoms with Gasteiger partial charge in [-0.05, 0) is 110 Å². The zero-order chi connectivity index (χ0) is 20.1. The Kier molecular flexibility index (Phi) is 6.01. The van der Waals surface area contributed by atoms with Gasteiger partial charge < -0.3 is 0 Å². The molecule has 4 saturated carbocycles.